The predicted molar refractivity (Wildman–Crippen MR) is 71.5 cm³/mol. The van der Waals surface area contributed by atoms with Crippen molar-refractivity contribution in [2.45, 2.75) is 26.0 Å². The summed E-state index contributed by atoms with van der Waals surface area (Å²) in [4.78, 5) is 0. The molecule has 0 bridgehead atoms. The van der Waals surface area contributed by atoms with Crippen LogP contribution in [0.1, 0.15) is 25.0 Å². The first-order valence-corrected chi connectivity index (χ1v) is 7.77. The summed E-state index contributed by atoms with van der Waals surface area (Å²) in [5.74, 6) is 0.301. The predicted octanol–water partition coefficient (Wildman–Crippen LogP) is 1.76. The molecule has 0 heterocycles. The van der Waals surface area contributed by atoms with Gasteiger partial charge in [0.1, 0.15) is 0 Å². The van der Waals surface area contributed by atoms with Crippen molar-refractivity contribution < 1.29 is 8.42 Å². The largest absolute Gasteiger partial charge is 0.330 e. The van der Waals surface area contributed by atoms with Gasteiger partial charge in [0.2, 0.25) is 0 Å². The second-order valence-electron chi connectivity index (χ2n) is 4.57. The summed E-state index contributed by atoms with van der Waals surface area (Å²) < 4.78 is 23.7. The standard InChI is InChI=1S/C13H21NO2S/c1-3-12-4-6-13(7-5-12)10-17(15,16)9-11(2)8-14/h4-7,11H,3,8-10,14H2,1-2H3. The molecule has 0 aromatic heterocycles. The lowest BCUT2D eigenvalue weighted by Gasteiger charge is -2.09. The molecule has 1 aromatic rings. The van der Waals surface area contributed by atoms with Crippen LogP contribution in [0.15, 0.2) is 24.3 Å². The molecule has 0 saturated heterocycles. The summed E-state index contributed by atoms with van der Waals surface area (Å²) in [5, 5.41) is 0. The van der Waals surface area contributed by atoms with E-state index >= 15 is 0 Å². The van der Waals surface area contributed by atoms with Crippen LogP contribution in [-0.2, 0) is 22.0 Å². The highest BCUT2D eigenvalue weighted by Gasteiger charge is 2.15. The lowest BCUT2D eigenvalue weighted by Crippen LogP contribution is -2.22. The summed E-state index contributed by atoms with van der Waals surface area (Å²) >= 11 is 0. The van der Waals surface area contributed by atoms with Crippen LogP contribution in [0.4, 0.5) is 0 Å². The van der Waals surface area contributed by atoms with Crippen LogP contribution in [0.5, 0.6) is 0 Å². The number of hydrogen-bond acceptors (Lipinski definition) is 3. The van der Waals surface area contributed by atoms with Crippen LogP contribution in [-0.4, -0.2) is 20.7 Å². The molecule has 1 unspecified atom stereocenters. The van der Waals surface area contributed by atoms with E-state index in [1.165, 1.54) is 5.56 Å². The third kappa shape index (κ3) is 4.88. The van der Waals surface area contributed by atoms with Gasteiger partial charge >= 0.3 is 0 Å². The van der Waals surface area contributed by atoms with Gasteiger partial charge in [-0.05, 0) is 30.0 Å². The molecular weight excluding hydrogens is 234 g/mol. The average molecular weight is 255 g/mol. The van der Waals surface area contributed by atoms with Gasteiger partial charge in [-0.25, -0.2) is 8.42 Å². The Balaban J connectivity index is 2.69. The SMILES string of the molecule is CCc1ccc(CS(=O)(=O)CC(C)CN)cc1. The number of aryl methyl sites for hydroxylation is 1. The Morgan fingerprint density at radius 2 is 1.71 bits per heavy atom. The first-order chi connectivity index (χ1) is 7.96. The van der Waals surface area contributed by atoms with Crippen LogP contribution >= 0.6 is 0 Å². The molecule has 2 N–H and O–H groups in total. The summed E-state index contributed by atoms with van der Waals surface area (Å²) in [5.41, 5.74) is 7.52. The van der Waals surface area contributed by atoms with Crippen molar-refractivity contribution in [3.05, 3.63) is 35.4 Å². The van der Waals surface area contributed by atoms with Gasteiger partial charge < -0.3 is 5.73 Å². The van der Waals surface area contributed by atoms with Crippen LogP contribution in [0, 0.1) is 5.92 Å². The molecule has 0 amide bonds. The smallest absolute Gasteiger partial charge is 0.154 e. The number of rotatable bonds is 6. The molecule has 0 spiro atoms. The molecule has 4 heteroatoms. The fraction of sp³-hybridized carbons (Fsp3) is 0.538. The molecule has 1 aromatic carbocycles. The highest BCUT2D eigenvalue weighted by Crippen LogP contribution is 2.11. The number of hydrogen-bond donors (Lipinski definition) is 1. The maximum Gasteiger partial charge on any atom is 0.154 e. The molecular formula is C13H21NO2S. The van der Waals surface area contributed by atoms with Gasteiger partial charge in [0.25, 0.3) is 0 Å². The molecule has 1 rings (SSSR count). The van der Waals surface area contributed by atoms with Crippen LogP contribution in [0.25, 0.3) is 0 Å². The Bertz CT molecular complexity index is 437. The fourth-order valence-corrected chi connectivity index (χ4v) is 3.51. The number of benzene rings is 1. The third-order valence-corrected chi connectivity index (χ3v) is 4.61. The Kier molecular flexibility index (Phi) is 5.15. The molecule has 1 atom stereocenters. The lowest BCUT2D eigenvalue weighted by atomic mass is 10.1. The molecule has 0 fully saturated rings. The van der Waals surface area contributed by atoms with E-state index in [9.17, 15) is 8.42 Å². The second kappa shape index (κ2) is 6.17. The first kappa shape index (κ1) is 14.2. The summed E-state index contributed by atoms with van der Waals surface area (Å²) in [6.07, 6.45) is 0.969. The van der Waals surface area contributed by atoms with Crippen molar-refractivity contribution in [1.82, 2.24) is 0 Å². The molecule has 0 radical (unpaired) electrons. The van der Waals surface area contributed by atoms with Gasteiger partial charge in [-0.2, -0.15) is 0 Å². The molecule has 0 aliphatic rings. The molecule has 0 aliphatic carbocycles. The van der Waals surface area contributed by atoms with Gasteiger partial charge in [-0.15, -0.1) is 0 Å². The first-order valence-electron chi connectivity index (χ1n) is 5.95. The normalized spacial score (nSPS) is 13.6. The van der Waals surface area contributed by atoms with Gasteiger partial charge in [-0.3, -0.25) is 0 Å². The number of sulfone groups is 1. The Hall–Kier alpha value is -0.870. The van der Waals surface area contributed by atoms with E-state index in [-0.39, 0.29) is 17.4 Å². The molecule has 3 nitrogen and oxygen atoms in total. The topological polar surface area (TPSA) is 60.2 Å². The van der Waals surface area contributed by atoms with Crippen molar-refractivity contribution in [1.29, 1.82) is 0 Å². The van der Waals surface area contributed by atoms with Gasteiger partial charge in [0, 0.05) is 0 Å². The Morgan fingerprint density at radius 1 is 1.18 bits per heavy atom. The van der Waals surface area contributed by atoms with Gasteiger partial charge in [0.15, 0.2) is 9.84 Å². The summed E-state index contributed by atoms with van der Waals surface area (Å²) in [7, 11) is -3.05. The maximum absolute atomic E-state index is 11.9. The van der Waals surface area contributed by atoms with E-state index in [4.69, 9.17) is 5.73 Å². The zero-order valence-corrected chi connectivity index (χ0v) is 11.3. The van der Waals surface area contributed by atoms with Crippen LogP contribution in [0.2, 0.25) is 0 Å². The highest BCUT2D eigenvalue weighted by molar-refractivity contribution is 7.90. The van der Waals surface area contributed by atoms with Crippen molar-refractivity contribution in [2.75, 3.05) is 12.3 Å². The molecule has 17 heavy (non-hydrogen) atoms. The lowest BCUT2D eigenvalue weighted by molar-refractivity contribution is 0.573. The molecule has 0 saturated carbocycles. The van der Waals surface area contributed by atoms with E-state index < -0.39 is 9.84 Å². The molecule has 96 valence electrons. The van der Waals surface area contributed by atoms with Crippen LogP contribution in [0.3, 0.4) is 0 Å². The van der Waals surface area contributed by atoms with Crippen molar-refractivity contribution >= 4 is 9.84 Å². The third-order valence-electron chi connectivity index (χ3n) is 2.76. The van der Waals surface area contributed by atoms with E-state index in [1.54, 1.807) is 0 Å². The van der Waals surface area contributed by atoms with E-state index in [0.29, 0.717) is 6.54 Å². The maximum atomic E-state index is 11.9. The van der Waals surface area contributed by atoms with E-state index in [0.717, 1.165) is 12.0 Å². The average Bonchev–Trinajstić information content (AvgIpc) is 2.28. The minimum Gasteiger partial charge on any atom is -0.330 e. The quantitative estimate of drug-likeness (QED) is 0.842. The van der Waals surface area contributed by atoms with Crippen molar-refractivity contribution in [3.8, 4) is 0 Å². The van der Waals surface area contributed by atoms with Crippen molar-refractivity contribution in [3.63, 3.8) is 0 Å². The zero-order chi connectivity index (χ0) is 12.9. The zero-order valence-electron chi connectivity index (χ0n) is 10.5. The fourth-order valence-electron chi connectivity index (χ4n) is 1.69. The van der Waals surface area contributed by atoms with Gasteiger partial charge in [0.05, 0.1) is 11.5 Å². The second-order valence-corrected chi connectivity index (χ2v) is 6.67. The van der Waals surface area contributed by atoms with Gasteiger partial charge in [-0.1, -0.05) is 38.1 Å². The van der Waals surface area contributed by atoms with E-state index in [2.05, 4.69) is 6.92 Å². The van der Waals surface area contributed by atoms with Crippen LogP contribution < -0.4 is 5.73 Å². The summed E-state index contributed by atoms with van der Waals surface area (Å²) in [6, 6.07) is 7.75. The minimum absolute atomic E-state index is 0.0231. The molecule has 0 aliphatic heterocycles. The highest BCUT2D eigenvalue weighted by atomic mass is 32.2. The number of nitrogens with two attached hydrogens (primary N) is 1. The van der Waals surface area contributed by atoms with E-state index in [1.807, 2.05) is 31.2 Å². The monoisotopic (exact) mass is 255 g/mol. The van der Waals surface area contributed by atoms with Crippen molar-refractivity contribution in [2.24, 2.45) is 11.7 Å². The Labute approximate surface area is 104 Å². The Morgan fingerprint density at radius 3 is 2.18 bits per heavy atom. The minimum atomic E-state index is -3.05. The summed E-state index contributed by atoms with van der Waals surface area (Å²) in [6.45, 7) is 4.35.